The second kappa shape index (κ2) is 10.2. The van der Waals surface area contributed by atoms with E-state index in [1.165, 1.54) is 43.4 Å². The average Bonchev–Trinajstić information content (AvgIpc) is 3.12. The topological polar surface area (TPSA) is 88.5 Å². The van der Waals surface area contributed by atoms with Gasteiger partial charge in [0.05, 0.1) is 39.0 Å². The predicted octanol–water partition coefficient (Wildman–Crippen LogP) is 2.60. The maximum Gasteiger partial charge on any atom is 0.295 e. The van der Waals surface area contributed by atoms with Gasteiger partial charge in [-0.05, 0) is 24.3 Å². The highest BCUT2D eigenvalue weighted by Gasteiger charge is 2.47. The molecular weight excluding hydrogens is 443 g/mol. The summed E-state index contributed by atoms with van der Waals surface area (Å²) < 4.78 is 30.8. The van der Waals surface area contributed by atoms with Crippen LogP contribution >= 0.6 is 0 Å². The summed E-state index contributed by atoms with van der Waals surface area (Å²) in [5.74, 6) is -1.82. The largest absolute Gasteiger partial charge is 0.507 e. The Morgan fingerprint density at radius 1 is 1.06 bits per heavy atom. The van der Waals surface area contributed by atoms with Crippen LogP contribution in [0, 0.1) is 5.82 Å². The molecule has 2 heterocycles. The van der Waals surface area contributed by atoms with E-state index in [1.807, 2.05) is 0 Å². The van der Waals surface area contributed by atoms with Crippen LogP contribution in [0.4, 0.5) is 4.39 Å². The number of aliphatic hydroxyl groups is 1. The first kappa shape index (κ1) is 23.7. The van der Waals surface area contributed by atoms with E-state index in [-0.39, 0.29) is 23.2 Å². The van der Waals surface area contributed by atoms with Gasteiger partial charge in [0.15, 0.2) is 11.5 Å². The number of hydrogen-bond acceptors (Lipinski definition) is 7. The highest BCUT2D eigenvalue weighted by atomic mass is 19.1. The van der Waals surface area contributed by atoms with Gasteiger partial charge in [-0.3, -0.25) is 14.5 Å². The number of Topliss-reactive ketones (excluding diaryl/α,β-unsaturated/α-hetero) is 1. The molecule has 4 rings (SSSR count). The van der Waals surface area contributed by atoms with Gasteiger partial charge in [-0.15, -0.1) is 0 Å². The number of hydrogen-bond donors (Lipinski definition) is 1. The zero-order valence-electron chi connectivity index (χ0n) is 19.1. The number of amides is 1. The fourth-order valence-corrected chi connectivity index (χ4v) is 4.34. The predicted molar refractivity (Wildman–Crippen MR) is 122 cm³/mol. The number of ketones is 1. The van der Waals surface area contributed by atoms with Crippen molar-refractivity contribution in [3.05, 3.63) is 65.0 Å². The van der Waals surface area contributed by atoms with Gasteiger partial charge in [-0.2, -0.15) is 0 Å². The highest BCUT2D eigenvalue weighted by Crippen LogP contribution is 2.41. The van der Waals surface area contributed by atoms with E-state index in [0.717, 1.165) is 0 Å². The molecule has 0 radical (unpaired) electrons. The minimum absolute atomic E-state index is 0.144. The molecule has 0 unspecified atom stereocenters. The Morgan fingerprint density at radius 3 is 2.44 bits per heavy atom. The first-order chi connectivity index (χ1) is 16.5. The number of likely N-dealkylation sites (tertiary alicyclic amines) is 1. The molecule has 2 aromatic carbocycles. The molecule has 0 aliphatic carbocycles. The fraction of sp³-hybridized carbons (Fsp3) is 0.360. The maximum absolute atomic E-state index is 14.9. The third-order valence-corrected chi connectivity index (χ3v) is 6.16. The van der Waals surface area contributed by atoms with Crippen molar-refractivity contribution in [3.63, 3.8) is 0 Å². The molecule has 34 heavy (non-hydrogen) atoms. The molecule has 0 aromatic heterocycles. The van der Waals surface area contributed by atoms with Crippen LogP contribution in [0.2, 0.25) is 0 Å². The van der Waals surface area contributed by atoms with Crippen molar-refractivity contribution in [1.29, 1.82) is 0 Å². The maximum atomic E-state index is 14.9. The number of rotatable bonds is 7. The average molecular weight is 470 g/mol. The summed E-state index contributed by atoms with van der Waals surface area (Å²) in [6, 6.07) is 9.55. The van der Waals surface area contributed by atoms with Crippen LogP contribution in [0.25, 0.3) is 5.76 Å². The van der Waals surface area contributed by atoms with Gasteiger partial charge in [-0.1, -0.05) is 18.2 Å². The van der Waals surface area contributed by atoms with Gasteiger partial charge in [0, 0.05) is 37.3 Å². The summed E-state index contributed by atoms with van der Waals surface area (Å²) in [7, 11) is 2.93. The van der Waals surface area contributed by atoms with Crippen LogP contribution < -0.4 is 9.47 Å². The van der Waals surface area contributed by atoms with E-state index in [2.05, 4.69) is 4.90 Å². The summed E-state index contributed by atoms with van der Waals surface area (Å²) in [6.07, 6.45) is 0. The normalized spacial score (nSPS) is 20.6. The van der Waals surface area contributed by atoms with Gasteiger partial charge in [-0.25, -0.2) is 4.39 Å². The molecule has 1 atom stereocenters. The van der Waals surface area contributed by atoms with E-state index in [0.29, 0.717) is 44.3 Å². The fourth-order valence-electron chi connectivity index (χ4n) is 4.34. The summed E-state index contributed by atoms with van der Waals surface area (Å²) in [6.45, 7) is 3.30. The van der Waals surface area contributed by atoms with Crippen molar-refractivity contribution in [2.45, 2.75) is 6.04 Å². The van der Waals surface area contributed by atoms with E-state index in [4.69, 9.17) is 14.2 Å². The molecule has 0 bridgehead atoms. The van der Waals surface area contributed by atoms with Crippen molar-refractivity contribution < 1.29 is 33.3 Å². The van der Waals surface area contributed by atoms with Gasteiger partial charge in [0.2, 0.25) is 0 Å². The molecule has 2 saturated heterocycles. The minimum atomic E-state index is -1.06. The van der Waals surface area contributed by atoms with Gasteiger partial charge in [0.25, 0.3) is 11.7 Å². The van der Waals surface area contributed by atoms with Crippen molar-refractivity contribution >= 4 is 17.4 Å². The first-order valence-electron chi connectivity index (χ1n) is 11.0. The molecule has 9 heteroatoms. The minimum Gasteiger partial charge on any atom is -0.507 e. The number of halogens is 1. The molecule has 2 aliphatic heterocycles. The Kier molecular flexibility index (Phi) is 7.14. The van der Waals surface area contributed by atoms with Crippen molar-refractivity contribution in [3.8, 4) is 11.5 Å². The molecule has 0 spiro atoms. The monoisotopic (exact) mass is 470 g/mol. The number of nitrogens with zero attached hydrogens (tertiary/aromatic N) is 2. The van der Waals surface area contributed by atoms with Crippen LogP contribution in [0.1, 0.15) is 17.2 Å². The zero-order chi connectivity index (χ0) is 24.2. The lowest BCUT2D eigenvalue weighted by atomic mass is 9.95. The first-order valence-corrected chi connectivity index (χ1v) is 11.0. The number of aliphatic hydroxyl groups excluding tert-OH is 1. The Labute approximate surface area is 197 Å². The molecular formula is C25H27FN2O6. The van der Waals surface area contributed by atoms with Crippen LogP contribution in [0.3, 0.4) is 0 Å². The Morgan fingerprint density at radius 2 is 1.76 bits per heavy atom. The number of ether oxygens (including phenoxy) is 3. The van der Waals surface area contributed by atoms with E-state index in [1.54, 1.807) is 18.2 Å². The second-order valence-electron chi connectivity index (χ2n) is 8.04. The second-order valence-corrected chi connectivity index (χ2v) is 8.04. The lowest BCUT2D eigenvalue weighted by Crippen LogP contribution is -2.42. The molecule has 2 fully saturated rings. The Balaban J connectivity index is 1.77. The van der Waals surface area contributed by atoms with Crippen molar-refractivity contribution in [2.75, 3.05) is 53.6 Å². The van der Waals surface area contributed by atoms with E-state index in [9.17, 15) is 19.1 Å². The van der Waals surface area contributed by atoms with Crippen molar-refractivity contribution in [1.82, 2.24) is 9.80 Å². The van der Waals surface area contributed by atoms with Gasteiger partial charge in [0.1, 0.15) is 11.6 Å². The Hall–Kier alpha value is -3.43. The third-order valence-electron chi connectivity index (χ3n) is 6.16. The standard InChI is InChI=1S/C25H27FN2O6/c1-32-19-8-7-16(15-20(19)33-2)23(29)21-22(17-5-3-4-6-18(17)26)28(25(31)24(21)30)10-9-27-11-13-34-14-12-27/h3-8,15,22,29H,9-14H2,1-2H3/b23-21+/t22-/m1/s1. The number of carbonyl (C=O) groups excluding carboxylic acids is 2. The van der Waals surface area contributed by atoms with Gasteiger partial charge >= 0.3 is 0 Å². The number of carbonyl (C=O) groups is 2. The number of morpholine rings is 1. The molecule has 1 amide bonds. The third kappa shape index (κ3) is 4.49. The zero-order valence-corrected chi connectivity index (χ0v) is 19.1. The van der Waals surface area contributed by atoms with Crippen molar-refractivity contribution in [2.24, 2.45) is 0 Å². The quantitative estimate of drug-likeness (QED) is 0.378. The van der Waals surface area contributed by atoms with E-state index >= 15 is 0 Å². The van der Waals surface area contributed by atoms with Gasteiger partial charge < -0.3 is 24.2 Å². The molecule has 2 aliphatic rings. The molecule has 0 saturated carbocycles. The Bertz CT molecular complexity index is 1110. The van der Waals surface area contributed by atoms with Crippen LogP contribution in [-0.4, -0.2) is 80.2 Å². The summed E-state index contributed by atoms with van der Waals surface area (Å²) >= 11 is 0. The SMILES string of the molecule is COc1ccc(/C(O)=C2\C(=O)C(=O)N(CCN3CCOCC3)[C@@H]2c2ccccc2F)cc1OC. The molecule has 180 valence electrons. The smallest absolute Gasteiger partial charge is 0.295 e. The molecule has 8 nitrogen and oxygen atoms in total. The highest BCUT2D eigenvalue weighted by molar-refractivity contribution is 6.46. The lowest BCUT2D eigenvalue weighted by molar-refractivity contribution is -0.140. The summed E-state index contributed by atoms with van der Waals surface area (Å²) in [4.78, 5) is 29.7. The molecule has 1 N–H and O–H groups in total. The van der Waals surface area contributed by atoms with Crippen LogP contribution in [0.15, 0.2) is 48.0 Å². The summed E-state index contributed by atoms with van der Waals surface area (Å²) in [5, 5.41) is 11.2. The van der Waals surface area contributed by atoms with E-state index < -0.39 is 29.3 Å². The van der Waals surface area contributed by atoms with Crippen LogP contribution in [0.5, 0.6) is 11.5 Å². The van der Waals surface area contributed by atoms with Crippen LogP contribution in [-0.2, 0) is 14.3 Å². The molecule has 2 aromatic rings. The lowest BCUT2D eigenvalue weighted by Gasteiger charge is -2.31. The number of methoxy groups -OCH3 is 2. The number of benzene rings is 2. The summed E-state index contributed by atoms with van der Waals surface area (Å²) in [5.41, 5.74) is 0.236.